The van der Waals surface area contributed by atoms with Crippen molar-refractivity contribution in [2.24, 2.45) is 0 Å². The summed E-state index contributed by atoms with van der Waals surface area (Å²) in [5, 5.41) is 6.35. The Morgan fingerprint density at radius 1 is 1.47 bits per heavy atom. The van der Waals surface area contributed by atoms with Gasteiger partial charge in [0.15, 0.2) is 6.10 Å². The molecule has 1 aromatic rings. The maximum Gasteiger partial charge on any atom is 0.260 e. The van der Waals surface area contributed by atoms with Crippen LogP contribution in [0.1, 0.15) is 25.8 Å². The van der Waals surface area contributed by atoms with Crippen LogP contribution in [-0.4, -0.2) is 25.6 Å². The summed E-state index contributed by atoms with van der Waals surface area (Å²) in [5.41, 5.74) is 1.07. The Morgan fingerprint density at radius 2 is 2.21 bits per heavy atom. The third kappa shape index (κ3) is 5.09. The molecule has 1 amide bonds. The molecule has 0 saturated heterocycles. The number of carbonyl (C=O) groups is 1. The lowest BCUT2D eigenvalue weighted by molar-refractivity contribution is -0.127. The molecule has 1 rings (SSSR count). The SMILES string of the molecule is CCCNC(=O)C(C)Oc1ccc(CNC)cc1Cl. The van der Waals surface area contributed by atoms with Crippen LogP contribution < -0.4 is 15.4 Å². The standard InChI is InChI=1S/C14H21ClN2O2/c1-4-7-17-14(18)10(2)19-13-6-5-11(9-16-3)8-12(13)15/h5-6,8,10,16H,4,7,9H2,1-3H3,(H,17,18). The predicted octanol–water partition coefficient (Wildman–Crippen LogP) is 2.35. The second-order valence-electron chi connectivity index (χ2n) is 4.35. The first-order chi connectivity index (χ1) is 9.08. The molecule has 1 aromatic carbocycles. The van der Waals surface area contributed by atoms with Gasteiger partial charge in [-0.2, -0.15) is 0 Å². The van der Waals surface area contributed by atoms with E-state index in [-0.39, 0.29) is 5.91 Å². The van der Waals surface area contributed by atoms with Crippen LogP contribution in [0, 0.1) is 0 Å². The molecule has 1 atom stereocenters. The van der Waals surface area contributed by atoms with Gasteiger partial charge in [-0.3, -0.25) is 4.79 Å². The van der Waals surface area contributed by atoms with Crippen molar-refractivity contribution in [3.05, 3.63) is 28.8 Å². The Bertz CT molecular complexity index is 424. The third-order valence-electron chi connectivity index (χ3n) is 2.60. The van der Waals surface area contributed by atoms with Gasteiger partial charge in [-0.15, -0.1) is 0 Å². The number of halogens is 1. The molecule has 0 aliphatic carbocycles. The molecule has 0 spiro atoms. The van der Waals surface area contributed by atoms with E-state index in [4.69, 9.17) is 16.3 Å². The normalized spacial score (nSPS) is 12.0. The summed E-state index contributed by atoms with van der Waals surface area (Å²) in [4.78, 5) is 11.7. The van der Waals surface area contributed by atoms with E-state index < -0.39 is 6.10 Å². The Labute approximate surface area is 119 Å². The monoisotopic (exact) mass is 284 g/mol. The van der Waals surface area contributed by atoms with E-state index >= 15 is 0 Å². The minimum atomic E-state index is -0.556. The predicted molar refractivity (Wildman–Crippen MR) is 77.6 cm³/mol. The molecule has 1 unspecified atom stereocenters. The maximum atomic E-state index is 11.7. The number of hydrogen-bond donors (Lipinski definition) is 2. The van der Waals surface area contributed by atoms with Crippen LogP contribution >= 0.6 is 11.6 Å². The van der Waals surface area contributed by atoms with Crippen molar-refractivity contribution in [2.45, 2.75) is 32.9 Å². The Kier molecular flexibility index (Phi) is 6.67. The second-order valence-corrected chi connectivity index (χ2v) is 4.75. The largest absolute Gasteiger partial charge is 0.479 e. The summed E-state index contributed by atoms with van der Waals surface area (Å²) in [6.07, 6.45) is 0.344. The molecule has 0 aromatic heterocycles. The Morgan fingerprint density at radius 3 is 2.79 bits per heavy atom. The van der Waals surface area contributed by atoms with Crippen LogP contribution in [0.25, 0.3) is 0 Å². The summed E-state index contributed by atoms with van der Waals surface area (Å²) >= 11 is 6.13. The first-order valence-corrected chi connectivity index (χ1v) is 6.83. The van der Waals surface area contributed by atoms with Gasteiger partial charge in [-0.1, -0.05) is 24.6 Å². The molecule has 19 heavy (non-hydrogen) atoms. The second kappa shape index (κ2) is 8.02. The molecule has 0 bridgehead atoms. The van der Waals surface area contributed by atoms with Gasteiger partial charge in [-0.05, 0) is 38.1 Å². The highest BCUT2D eigenvalue weighted by molar-refractivity contribution is 6.32. The highest BCUT2D eigenvalue weighted by Gasteiger charge is 2.15. The van der Waals surface area contributed by atoms with E-state index in [1.807, 2.05) is 26.1 Å². The first-order valence-electron chi connectivity index (χ1n) is 6.45. The first kappa shape index (κ1) is 15.8. The van der Waals surface area contributed by atoms with Crippen LogP contribution in [0.15, 0.2) is 18.2 Å². The summed E-state index contributed by atoms with van der Waals surface area (Å²) < 4.78 is 5.57. The highest BCUT2D eigenvalue weighted by Crippen LogP contribution is 2.26. The summed E-state index contributed by atoms with van der Waals surface area (Å²) in [5.74, 6) is 0.401. The lowest BCUT2D eigenvalue weighted by atomic mass is 10.2. The molecular weight excluding hydrogens is 264 g/mol. The average molecular weight is 285 g/mol. The zero-order chi connectivity index (χ0) is 14.3. The van der Waals surface area contributed by atoms with Gasteiger partial charge >= 0.3 is 0 Å². The van der Waals surface area contributed by atoms with Crippen LogP contribution in [0.2, 0.25) is 5.02 Å². The van der Waals surface area contributed by atoms with E-state index in [1.165, 1.54) is 0 Å². The summed E-state index contributed by atoms with van der Waals surface area (Å²) in [6, 6.07) is 5.55. The molecule has 0 heterocycles. The van der Waals surface area contributed by atoms with Crippen LogP contribution in [0.4, 0.5) is 0 Å². The van der Waals surface area contributed by atoms with Gasteiger partial charge < -0.3 is 15.4 Å². The minimum absolute atomic E-state index is 0.128. The fourth-order valence-corrected chi connectivity index (χ4v) is 1.84. The Balaban J connectivity index is 2.63. The number of hydrogen-bond acceptors (Lipinski definition) is 3. The lowest BCUT2D eigenvalue weighted by Gasteiger charge is -2.16. The smallest absolute Gasteiger partial charge is 0.260 e. The van der Waals surface area contributed by atoms with E-state index in [0.717, 1.165) is 18.5 Å². The molecule has 0 saturated carbocycles. The Hall–Kier alpha value is -1.26. The van der Waals surface area contributed by atoms with Crippen molar-refractivity contribution in [1.29, 1.82) is 0 Å². The highest BCUT2D eigenvalue weighted by atomic mass is 35.5. The molecule has 2 N–H and O–H groups in total. The van der Waals surface area contributed by atoms with E-state index in [9.17, 15) is 4.79 Å². The van der Waals surface area contributed by atoms with Crippen LogP contribution in [-0.2, 0) is 11.3 Å². The zero-order valence-corrected chi connectivity index (χ0v) is 12.4. The van der Waals surface area contributed by atoms with E-state index in [0.29, 0.717) is 17.3 Å². The molecule has 4 nitrogen and oxygen atoms in total. The van der Waals surface area contributed by atoms with Crippen LogP contribution in [0.3, 0.4) is 0 Å². The minimum Gasteiger partial charge on any atom is -0.479 e. The molecule has 106 valence electrons. The fraction of sp³-hybridized carbons (Fsp3) is 0.500. The molecule has 5 heteroatoms. The molecular formula is C14H21ClN2O2. The van der Waals surface area contributed by atoms with Crippen LogP contribution in [0.5, 0.6) is 5.75 Å². The zero-order valence-electron chi connectivity index (χ0n) is 11.6. The van der Waals surface area contributed by atoms with Crippen molar-refractivity contribution >= 4 is 17.5 Å². The fourth-order valence-electron chi connectivity index (χ4n) is 1.59. The molecule has 0 radical (unpaired) electrons. The van der Waals surface area contributed by atoms with Crippen molar-refractivity contribution in [3.8, 4) is 5.75 Å². The van der Waals surface area contributed by atoms with Crippen molar-refractivity contribution in [1.82, 2.24) is 10.6 Å². The van der Waals surface area contributed by atoms with Gasteiger partial charge in [0.2, 0.25) is 0 Å². The molecule has 0 aliphatic heterocycles. The maximum absolute atomic E-state index is 11.7. The van der Waals surface area contributed by atoms with Gasteiger partial charge in [-0.25, -0.2) is 0 Å². The van der Waals surface area contributed by atoms with E-state index in [1.54, 1.807) is 13.0 Å². The summed E-state index contributed by atoms with van der Waals surface area (Å²) in [7, 11) is 1.87. The van der Waals surface area contributed by atoms with Gasteiger partial charge in [0, 0.05) is 13.1 Å². The van der Waals surface area contributed by atoms with Crippen molar-refractivity contribution in [3.63, 3.8) is 0 Å². The topological polar surface area (TPSA) is 50.4 Å². The summed E-state index contributed by atoms with van der Waals surface area (Å²) in [6.45, 7) is 5.11. The number of benzene rings is 1. The van der Waals surface area contributed by atoms with Crippen molar-refractivity contribution in [2.75, 3.05) is 13.6 Å². The number of ether oxygens (including phenoxy) is 1. The van der Waals surface area contributed by atoms with E-state index in [2.05, 4.69) is 10.6 Å². The number of amides is 1. The van der Waals surface area contributed by atoms with Gasteiger partial charge in [0.25, 0.3) is 5.91 Å². The molecule has 0 fully saturated rings. The van der Waals surface area contributed by atoms with Gasteiger partial charge in [0.1, 0.15) is 5.75 Å². The number of carbonyl (C=O) groups excluding carboxylic acids is 1. The number of nitrogens with one attached hydrogen (secondary N) is 2. The third-order valence-corrected chi connectivity index (χ3v) is 2.89. The quantitative estimate of drug-likeness (QED) is 0.808. The lowest BCUT2D eigenvalue weighted by Crippen LogP contribution is -2.36. The average Bonchev–Trinajstić information content (AvgIpc) is 2.39. The van der Waals surface area contributed by atoms with Gasteiger partial charge in [0.05, 0.1) is 5.02 Å². The molecule has 0 aliphatic rings. The van der Waals surface area contributed by atoms with Crippen molar-refractivity contribution < 1.29 is 9.53 Å². The number of rotatable bonds is 7.